The lowest BCUT2D eigenvalue weighted by molar-refractivity contribution is -0.162. The van der Waals surface area contributed by atoms with Crippen molar-refractivity contribution in [2.24, 2.45) is 0 Å². The van der Waals surface area contributed by atoms with Crippen molar-refractivity contribution in [2.45, 2.75) is 38.3 Å². The van der Waals surface area contributed by atoms with E-state index < -0.39 is 5.54 Å². The van der Waals surface area contributed by atoms with Crippen molar-refractivity contribution in [1.29, 1.82) is 0 Å². The summed E-state index contributed by atoms with van der Waals surface area (Å²) in [7, 11) is 3.90. The number of benzene rings is 2. The van der Waals surface area contributed by atoms with E-state index >= 15 is 0 Å². The quantitative estimate of drug-likeness (QED) is 0.768. The summed E-state index contributed by atoms with van der Waals surface area (Å²) in [5.41, 5.74) is 1.56. The summed E-state index contributed by atoms with van der Waals surface area (Å²) in [4.78, 5) is 29.2. The number of hydrogen-bond donors (Lipinski definition) is 1. The Hall–Kier alpha value is -2.89. The van der Waals surface area contributed by atoms with E-state index in [0.29, 0.717) is 18.5 Å². The average Bonchev–Trinajstić information content (AvgIpc) is 2.67. The highest BCUT2D eigenvalue weighted by Gasteiger charge is 2.51. The van der Waals surface area contributed by atoms with Gasteiger partial charge in [0.1, 0.15) is 11.4 Å². The molecule has 1 heterocycles. The Kier molecular flexibility index (Phi) is 5.40. The normalized spacial score (nSPS) is 18.2. The smallest absolute Gasteiger partial charge is 0.250 e. The number of hydrogen-bond acceptors (Lipinski definition) is 3. The molecule has 1 fully saturated rings. The van der Waals surface area contributed by atoms with E-state index in [2.05, 4.69) is 5.32 Å². The van der Waals surface area contributed by atoms with Gasteiger partial charge in [-0.25, -0.2) is 4.39 Å². The van der Waals surface area contributed by atoms with Crippen LogP contribution in [0.15, 0.2) is 48.5 Å². The summed E-state index contributed by atoms with van der Waals surface area (Å²) in [6.07, 6.45) is 0.796. The summed E-state index contributed by atoms with van der Waals surface area (Å²) in [6.45, 7) is 3.67. The largest absolute Gasteiger partial charge is 0.378 e. The van der Waals surface area contributed by atoms with Crippen LogP contribution in [0, 0.1) is 5.82 Å². The summed E-state index contributed by atoms with van der Waals surface area (Å²) in [6, 6.07) is 13.4. The number of nitrogens with one attached hydrogen (secondary N) is 1. The molecule has 2 unspecified atom stereocenters. The van der Waals surface area contributed by atoms with Crippen LogP contribution in [-0.2, 0) is 9.59 Å². The van der Waals surface area contributed by atoms with Crippen LogP contribution in [0.4, 0.5) is 15.8 Å². The van der Waals surface area contributed by atoms with Gasteiger partial charge in [0.2, 0.25) is 11.8 Å². The molecule has 0 radical (unpaired) electrons. The molecule has 2 amide bonds. The van der Waals surface area contributed by atoms with E-state index in [1.807, 2.05) is 50.2 Å². The van der Waals surface area contributed by atoms with Crippen molar-refractivity contribution >= 4 is 23.2 Å². The van der Waals surface area contributed by atoms with Crippen LogP contribution in [0.5, 0.6) is 0 Å². The average molecular weight is 383 g/mol. The lowest BCUT2D eigenvalue weighted by Crippen LogP contribution is -2.63. The summed E-state index contributed by atoms with van der Waals surface area (Å²) in [5, 5.41) is 2.94. The first-order valence-electron chi connectivity index (χ1n) is 9.42. The van der Waals surface area contributed by atoms with E-state index in [1.165, 1.54) is 12.1 Å². The molecule has 148 valence electrons. The Morgan fingerprint density at radius 1 is 1.18 bits per heavy atom. The van der Waals surface area contributed by atoms with E-state index in [0.717, 1.165) is 11.3 Å². The van der Waals surface area contributed by atoms with Gasteiger partial charge < -0.3 is 15.1 Å². The van der Waals surface area contributed by atoms with E-state index in [-0.39, 0.29) is 23.7 Å². The maximum atomic E-state index is 13.2. The van der Waals surface area contributed by atoms with Gasteiger partial charge in [-0.05, 0) is 55.3 Å². The summed E-state index contributed by atoms with van der Waals surface area (Å²) < 4.78 is 13.2. The van der Waals surface area contributed by atoms with Gasteiger partial charge in [0, 0.05) is 25.5 Å². The molecule has 0 spiro atoms. The van der Waals surface area contributed by atoms with Crippen LogP contribution >= 0.6 is 0 Å². The van der Waals surface area contributed by atoms with Crippen molar-refractivity contribution in [3.8, 4) is 0 Å². The zero-order chi connectivity index (χ0) is 20.5. The van der Waals surface area contributed by atoms with E-state index in [4.69, 9.17) is 0 Å². The second-order valence-electron chi connectivity index (χ2n) is 7.56. The van der Waals surface area contributed by atoms with E-state index in [9.17, 15) is 14.0 Å². The van der Waals surface area contributed by atoms with Crippen molar-refractivity contribution in [3.05, 3.63) is 59.9 Å². The first kappa shape index (κ1) is 19.9. The topological polar surface area (TPSA) is 52.7 Å². The predicted molar refractivity (Wildman–Crippen MR) is 109 cm³/mol. The fourth-order valence-corrected chi connectivity index (χ4v) is 3.54. The monoisotopic (exact) mass is 383 g/mol. The molecule has 5 nitrogen and oxygen atoms in total. The number of likely N-dealkylation sites (tertiary alicyclic amines) is 1. The number of carbonyl (C=O) groups is 2. The van der Waals surface area contributed by atoms with Crippen molar-refractivity contribution in [3.63, 3.8) is 0 Å². The molecule has 1 N–H and O–H groups in total. The highest BCUT2D eigenvalue weighted by atomic mass is 19.1. The molecule has 0 aromatic heterocycles. The number of β-lactam (4-membered cyclic amide) rings is 1. The molecule has 2 aromatic rings. The third-order valence-electron chi connectivity index (χ3n) is 5.55. The van der Waals surface area contributed by atoms with Gasteiger partial charge in [0.25, 0.3) is 0 Å². The van der Waals surface area contributed by atoms with Gasteiger partial charge in [0.15, 0.2) is 0 Å². The summed E-state index contributed by atoms with van der Waals surface area (Å²) in [5.74, 6) is -0.623. The molecule has 0 bridgehead atoms. The molecular formula is C22H26FN3O2. The SMILES string of the molecule is CCC(C)(C(=O)Nc1ccc(N(C)C)cc1)N1C(=O)CC1c1ccc(F)cc1. The van der Waals surface area contributed by atoms with Crippen molar-refractivity contribution in [1.82, 2.24) is 4.90 Å². The Bertz CT molecular complexity index is 864. The number of nitrogens with zero attached hydrogens (tertiary/aromatic N) is 2. The highest BCUT2D eigenvalue weighted by molar-refractivity contribution is 6.01. The van der Waals surface area contributed by atoms with Crippen LogP contribution in [0.1, 0.15) is 38.3 Å². The first-order valence-corrected chi connectivity index (χ1v) is 9.42. The van der Waals surface area contributed by atoms with Crippen molar-refractivity contribution in [2.75, 3.05) is 24.3 Å². The Labute approximate surface area is 165 Å². The molecule has 28 heavy (non-hydrogen) atoms. The van der Waals surface area contributed by atoms with Gasteiger partial charge in [0.05, 0.1) is 12.5 Å². The van der Waals surface area contributed by atoms with Gasteiger partial charge in [-0.2, -0.15) is 0 Å². The molecular weight excluding hydrogens is 357 g/mol. The molecule has 1 aliphatic heterocycles. The number of halogens is 1. The molecule has 0 aliphatic carbocycles. The maximum absolute atomic E-state index is 13.2. The van der Waals surface area contributed by atoms with Gasteiger partial charge in [-0.3, -0.25) is 9.59 Å². The Morgan fingerprint density at radius 3 is 2.29 bits per heavy atom. The lowest BCUT2D eigenvalue weighted by Gasteiger charge is -2.50. The molecule has 1 aliphatic rings. The Morgan fingerprint density at radius 2 is 1.79 bits per heavy atom. The second-order valence-corrected chi connectivity index (χ2v) is 7.56. The first-order chi connectivity index (χ1) is 13.3. The minimum atomic E-state index is -0.991. The zero-order valence-electron chi connectivity index (χ0n) is 16.7. The van der Waals surface area contributed by atoms with Gasteiger partial charge >= 0.3 is 0 Å². The lowest BCUT2D eigenvalue weighted by atomic mass is 9.83. The number of anilines is 2. The minimum Gasteiger partial charge on any atom is -0.378 e. The number of carbonyl (C=O) groups excluding carboxylic acids is 2. The maximum Gasteiger partial charge on any atom is 0.250 e. The molecule has 6 heteroatoms. The zero-order valence-corrected chi connectivity index (χ0v) is 16.7. The molecule has 1 saturated heterocycles. The molecule has 3 rings (SSSR count). The third kappa shape index (κ3) is 3.59. The predicted octanol–water partition coefficient (Wildman–Crippen LogP) is 3.97. The number of rotatable bonds is 6. The molecule has 0 saturated carbocycles. The minimum absolute atomic E-state index is 0.0724. The number of amides is 2. The van der Waals surface area contributed by atoms with Crippen molar-refractivity contribution < 1.29 is 14.0 Å². The second kappa shape index (κ2) is 7.62. The van der Waals surface area contributed by atoms with Crippen LogP contribution in [0.2, 0.25) is 0 Å². The van der Waals surface area contributed by atoms with E-state index in [1.54, 1.807) is 24.0 Å². The van der Waals surface area contributed by atoms with Crippen LogP contribution in [-0.4, -0.2) is 36.3 Å². The fourth-order valence-electron chi connectivity index (χ4n) is 3.54. The van der Waals surface area contributed by atoms with Gasteiger partial charge in [-0.15, -0.1) is 0 Å². The summed E-state index contributed by atoms with van der Waals surface area (Å²) >= 11 is 0. The van der Waals surface area contributed by atoms with Crippen LogP contribution < -0.4 is 10.2 Å². The highest BCUT2D eigenvalue weighted by Crippen LogP contribution is 2.42. The molecule has 2 atom stereocenters. The standard InChI is InChI=1S/C22H26FN3O2/c1-5-22(2,21(28)24-17-10-12-18(13-11-17)25(3)4)26-19(14-20(26)27)15-6-8-16(23)9-7-15/h6-13,19H,5,14H2,1-4H3,(H,24,28). The fraction of sp³-hybridized carbons (Fsp3) is 0.364. The Balaban J connectivity index is 1.81. The van der Waals surface area contributed by atoms with Crippen LogP contribution in [0.3, 0.4) is 0 Å². The van der Waals surface area contributed by atoms with Crippen LogP contribution in [0.25, 0.3) is 0 Å². The third-order valence-corrected chi connectivity index (χ3v) is 5.55. The van der Waals surface area contributed by atoms with Gasteiger partial charge in [-0.1, -0.05) is 19.1 Å². The molecule has 2 aromatic carbocycles.